The molecule has 10 nitrogen and oxygen atoms in total. The summed E-state index contributed by atoms with van der Waals surface area (Å²) in [4.78, 5) is 79.8. The Balaban J connectivity index is 0.724. The second kappa shape index (κ2) is 86.2. The van der Waals surface area contributed by atoms with Crippen LogP contribution in [0.1, 0.15) is 625 Å². The van der Waals surface area contributed by atoms with Crippen molar-refractivity contribution in [1.82, 2.24) is 21.3 Å². The molecule has 5 aromatic rings. The number of hydrogen-bond acceptors (Lipinski definition) is 6. The first kappa shape index (κ1) is 117. The van der Waals surface area contributed by atoms with E-state index in [0.717, 1.165) is 25.7 Å². The number of amides is 4. The Morgan fingerprint density at radius 2 is 0.311 bits per heavy atom. The number of rotatable bonds is 100. The summed E-state index contributed by atoms with van der Waals surface area (Å²) in [6.07, 6.45) is 128. The van der Waals surface area contributed by atoms with Crippen LogP contribution in [-0.4, -0.2) is 49.8 Å². The molecule has 0 unspecified atom stereocenters. The van der Waals surface area contributed by atoms with Crippen LogP contribution < -0.4 is 32.1 Å². The molecule has 5 rings (SSSR count). The van der Waals surface area contributed by atoms with Crippen LogP contribution in [0.2, 0.25) is 0 Å². The van der Waals surface area contributed by atoms with Crippen molar-refractivity contribution in [2.45, 2.75) is 605 Å². The van der Waals surface area contributed by atoms with Gasteiger partial charge in [-0.25, -0.2) is 0 Å². The first-order valence-corrected chi connectivity index (χ1v) is 58.9. The minimum atomic E-state index is -0.326. The molecule has 0 aliphatic heterocycles. The van der Waals surface area contributed by atoms with E-state index in [0.29, 0.717) is 80.1 Å². The maximum atomic E-state index is 14.0. The topological polar surface area (TPSA) is 151 Å². The third-order valence-corrected chi connectivity index (χ3v) is 29.8. The summed E-state index contributed by atoms with van der Waals surface area (Å²) in [7, 11) is 0. The average Bonchev–Trinajstić information content (AvgIpc) is 1.57. The minimum Gasteiger partial charge on any atom is -0.354 e. The molecule has 0 radical (unpaired) electrons. The van der Waals surface area contributed by atoms with Crippen molar-refractivity contribution in [1.29, 1.82) is 0 Å². The number of benzene rings is 3. The Hall–Kier alpha value is -5.12. The predicted octanol–water partition coefficient (Wildman–Crippen LogP) is 37.5. The van der Waals surface area contributed by atoms with Gasteiger partial charge in [0.15, 0.2) is 10.9 Å². The van der Waals surface area contributed by atoms with E-state index in [9.17, 15) is 28.8 Å². The summed E-state index contributed by atoms with van der Waals surface area (Å²) in [6.45, 7) is 5.81. The van der Waals surface area contributed by atoms with Crippen LogP contribution in [-0.2, 0) is 9.59 Å². The third kappa shape index (κ3) is 61.3. The second-order valence-corrected chi connectivity index (χ2v) is 41.9. The quantitative estimate of drug-likeness (QED) is 0.0285. The van der Waals surface area contributed by atoms with Crippen LogP contribution in [0.3, 0.4) is 0 Å². The molecule has 10 heteroatoms. The predicted molar refractivity (Wildman–Crippen MR) is 578 cm³/mol. The molecule has 0 fully saturated rings. The van der Waals surface area contributed by atoms with Gasteiger partial charge in [0.05, 0.1) is 0 Å². The SMILES string of the molecule is CCCCCCCCCCCCCCCCCCCCCCCCCCCCCCCCCCCCCCCCCCCCCCCC(=O)NCCNC(=O)c1ccc2c(c1)c(=O)c1cc3c(cc12)c(=O)c1cc(C(=O)NCCNC(=O)CCCCCCCCCCCCCCCCCCCCCCCCCCCCCCCCCCCCCCCCCCCCCCC)ccc13. The van der Waals surface area contributed by atoms with Crippen molar-refractivity contribution >= 4 is 66.7 Å². The second-order valence-electron chi connectivity index (χ2n) is 41.9. The highest BCUT2D eigenvalue weighted by atomic mass is 16.2. The zero-order chi connectivity index (χ0) is 93.6. The van der Waals surface area contributed by atoms with Crippen molar-refractivity contribution in [3.63, 3.8) is 0 Å². The summed E-state index contributed by atoms with van der Waals surface area (Å²) in [5.74, 6) is -0.648. The molecule has 0 atom stereocenters. The van der Waals surface area contributed by atoms with Crippen molar-refractivity contribution in [2.75, 3.05) is 26.2 Å². The third-order valence-electron chi connectivity index (χ3n) is 29.8. The standard InChI is InChI=1S/C122H210N4O6/c1-3-5-7-9-11-13-15-17-19-21-23-25-27-29-31-33-35-37-39-41-43-45-47-49-51-53-55-57-59-61-63-65-67-69-71-73-75-77-79-81-83-85-87-89-91-93-117(127)123-99-101-125-121(131)107-95-97-109-111-105-116-112(106-115(111)119(129)113(109)103-107)110-98-96-108(104-114(110)120(116)130)122(132)126-102-100-124-118(128)94-92-90-88-86-84-82-80-78-76-74-72-70-68-66-64-62-60-58-56-54-52-50-48-46-44-42-40-38-36-34-32-30-28-26-24-22-20-18-16-14-12-10-8-6-4-2/h95-98,103-106H,3-94,99-102H2,1-2H3,(H,123,127)(H,124,128)(H,125,131)(H,126,132). The maximum absolute atomic E-state index is 14.0. The summed E-state index contributed by atoms with van der Waals surface area (Å²) < 4.78 is 0. The van der Waals surface area contributed by atoms with Gasteiger partial charge >= 0.3 is 0 Å². The molecule has 5 aromatic carbocycles. The molecular weight excluding hydrogens is 1620 g/mol. The molecule has 0 saturated carbocycles. The summed E-state index contributed by atoms with van der Waals surface area (Å²) >= 11 is 0. The van der Waals surface area contributed by atoms with E-state index in [1.807, 2.05) is 0 Å². The van der Waals surface area contributed by atoms with Gasteiger partial charge in [-0.05, 0) is 70.8 Å². The van der Waals surface area contributed by atoms with E-state index in [-0.39, 0.29) is 47.6 Å². The van der Waals surface area contributed by atoms with Gasteiger partial charge < -0.3 is 21.3 Å². The van der Waals surface area contributed by atoms with Crippen molar-refractivity contribution in [3.8, 4) is 0 Å². The number of nitrogens with one attached hydrogen (secondary N) is 4. The Morgan fingerprint density at radius 3 is 0.477 bits per heavy atom. The molecule has 0 aliphatic carbocycles. The zero-order valence-corrected chi connectivity index (χ0v) is 87.0. The highest BCUT2D eigenvalue weighted by Gasteiger charge is 2.20. The van der Waals surface area contributed by atoms with Crippen LogP contribution in [0.5, 0.6) is 0 Å². The monoisotopic (exact) mass is 1830 g/mol. The highest BCUT2D eigenvalue weighted by Crippen LogP contribution is 2.34. The first-order chi connectivity index (χ1) is 65.2. The molecule has 132 heavy (non-hydrogen) atoms. The van der Waals surface area contributed by atoms with Crippen LogP contribution in [0.15, 0.2) is 58.1 Å². The van der Waals surface area contributed by atoms with Crippen LogP contribution >= 0.6 is 0 Å². The molecule has 0 saturated heterocycles. The fraction of sp³-hybridized carbons (Fsp3) is 0.803. The van der Waals surface area contributed by atoms with Crippen LogP contribution in [0.25, 0.3) is 43.1 Å². The van der Waals surface area contributed by atoms with E-state index in [2.05, 4.69) is 35.1 Å². The van der Waals surface area contributed by atoms with Crippen molar-refractivity contribution < 1.29 is 19.2 Å². The number of carbonyl (C=O) groups excluding carboxylic acids is 4. The molecule has 0 bridgehead atoms. The van der Waals surface area contributed by atoms with Crippen LogP contribution in [0, 0.1) is 0 Å². The lowest BCUT2D eigenvalue weighted by molar-refractivity contribution is -0.122. The molecule has 0 heterocycles. The lowest BCUT2D eigenvalue weighted by Gasteiger charge is -2.08. The molecule has 0 aromatic heterocycles. The lowest BCUT2D eigenvalue weighted by atomic mass is 10.0. The summed E-state index contributed by atoms with van der Waals surface area (Å²) in [5, 5.41) is 16.1. The van der Waals surface area contributed by atoms with Gasteiger partial charge in [0.2, 0.25) is 11.8 Å². The van der Waals surface area contributed by atoms with E-state index in [1.165, 1.54) is 552 Å². The number of unbranched alkanes of at least 4 members (excludes halogenated alkanes) is 88. The van der Waals surface area contributed by atoms with Gasteiger partial charge in [-0.3, -0.25) is 28.8 Å². The van der Waals surface area contributed by atoms with Gasteiger partial charge in [0, 0.05) is 71.7 Å². The van der Waals surface area contributed by atoms with Gasteiger partial charge in [-0.15, -0.1) is 0 Å². The lowest BCUT2D eigenvalue weighted by Crippen LogP contribution is -2.34. The smallest absolute Gasteiger partial charge is 0.251 e. The van der Waals surface area contributed by atoms with Gasteiger partial charge in [0.25, 0.3) is 11.8 Å². The van der Waals surface area contributed by atoms with E-state index in [4.69, 9.17) is 0 Å². The van der Waals surface area contributed by atoms with Crippen molar-refractivity contribution in [2.24, 2.45) is 0 Å². The molecule has 0 spiro atoms. The fourth-order valence-electron chi connectivity index (χ4n) is 21.0. The van der Waals surface area contributed by atoms with Crippen LogP contribution in [0.4, 0.5) is 0 Å². The number of hydrogen-bond donors (Lipinski definition) is 4. The molecule has 0 aliphatic rings. The zero-order valence-electron chi connectivity index (χ0n) is 87.0. The van der Waals surface area contributed by atoms with Gasteiger partial charge in [-0.1, -0.05) is 591 Å². The summed E-state index contributed by atoms with van der Waals surface area (Å²) in [5.41, 5.74) is 0.275. The average molecular weight is 1830 g/mol. The van der Waals surface area contributed by atoms with E-state index < -0.39 is 0 Å². The Kier molecular flexibility index (Phi) is 76.7. The molecule has 754 valence electrons. The summed E-state index contributed by atoms with van der Waals surface area (Å²) in [6, 6.07) is 13.7. The normalized spacial score (nSPS) is 11.8. The highest BCUT2D eigenvalue weighted by molar-refractivity contribution is 6.22. The minimum absolute atomic E-state index is 0.00192. The van der Waals surface area contributed by atoms with E-state index >= 15 is 0 Å². The first-order valence-electron chi connectivity index (χ1n) is 58.9. The number of fused-ring (bicyclic) bond motifs is 6. The molecule has 4 amide bonds. The van der Waals surface area contributed by atoms with Gasteiger partial charge in [-0.2, -0.15) is 0 Å². The Bertz CT molecular complexity index is 3390. The Morgan fingerprint density at radius 1 is 0.167 bits per heavy atom. The fourth-order valence-corrected chi connectivity index (χ4v) is 21.0. The van der Waals surface area contributed by atoms with E-state index in [1.54, 1.807) is 48.5 Å². The maximum Gasteiger partial charge on any atom is 0.251 e. The van der Waals surface area contributed by atoms with Gasteiger partial charge in [0.1, 0.15) is 0 Å². The Labute approximate surface area is 813 Å². The largest absolute Gasteiger partial charge is 0.354 e. The number of carbonyl (C=O) groups is 4. The molecule has 4 N–H and O–H groups in total. The van der Waals surface area contributed by atoms with Crippen molar-refractivity contribution in [3.05, 3.63) is 80.1 Å². The molecular formula is C122H210N4O6.